The predicted octanol–water partition coefficient (Wildman–Crippen LogP) is 4.96. The van der Waals surface area contributed by atoms with Gasteiger partial charge in [-0.05, 0) is 46.6 Å². The molecule has 0 radical (unpaired) electrons. The predicted molar refractivity (Wildman–Crippen MR) is 76.3 cm³/mol. The highest BCUT2D eigenvalue weighted by Gasteiger charge is 2.16. The Hall–Kier alpha value is -0.640. The van der Waals surface area contributed by atoms with E-state index in [1.54, 1.807) is 6.07 Å². The highest BCUT2D eigenvalue weighted by atomic mass is 79.9. The number of benzene rings is 1. The summed E-state index contributed by atoms with van der Waals surface area (Å²) in [7, 11) is 0. The molecule has 0 amide bonds. The van der Waals surface area contributed by atoms with Crippen LogP contribution in [0.4, 0.5) is 0 Å². The maximum atomic E-state index is 12.3. The first-order valence-corrected chi connectivity index (χ1v) is 7.19. The summed E-state index contributed by atoms with van der Waals surface area (Å²) in [6.07, 6.45) is 0.949. The average Bonchev–Trinajstić information content (AvgIpc) is 2.80. The number of carbonyl (C=O) groups excluding carboxylic acids is 1. The molecule has 0 fully saturated rings. The normalized spacial score (nSPS) is 10.5. The zero-order chi connectivity index (χ0) is 12.4. The summed E-state index contributed by atoms with van der Waals surface area (Å²) in [6.45, 7) is 2.08. The minimum atomic E-state index is -0.0130. The number of hydrogen-bond acceptors (Lipinski definition) is 2. The number of carbonyl (C=O) groups is 1. The van der Waals surface area contributed by atoms with E-state index in [0.717, 1.165) is 15.8 Å². The van der Waals surface area contributed by atoms with Gasteiger partial charge in [0.1, 0.15) is 0 Å². The van der Waals surface area contributed by atoms with Crippen LogP contribution < -0.4 is 0 Å². The van der Waals surface area contributed by atoms with E-state index in [2.05, 4.69) is 22.9 Å². The molecule has 1 aromatic heterocycles. The molecule has 88 valence electrons. The summed E-state index contributed by atoms with van der Waals surface area (Å²) in [5.74, 6) is -0.0130. The van der Waals surface area contributed by atoms with Gasteiger partial charge >= 0.3 is 0 Å². The van der Waals surface area contributed by atoms with E-state index in [-0.39, 0.29) is 5.78 Å². The average molecular weight is 330 g/mol. The van der Waals surface area contributed by atoms with Gasteiger partial charge in [0.15, 0.2) is 0 Å². The molecule has 1 aromatic carbocycles. The van der Waals surface area contributed by atoms with Crippen molar-refractivity contribution in [3.63, 3.8) is 0 Å². The van der Waals surface area contributed by atoms with Gasteiger partial charge < -0.3 is 0 Å². The van der Waals surface area contributed by atoms with Crippen LogP contribution in [0.25, 0.3) is 0 Å². The summed E-state index contributed by atoms with van der Waals surface area (Å²) < 4.78 is 0.747. The quantitative estimate of drug-likeness (QED) is 0.728. The second-order valence-electron chi connectivity index (χ2n) is 3.55. The fourth-order valence-corrected chi connectivity index (χ4v) is 2.98. The monoisotopic (exact) mass is 328 g/mol. The molecule has 0 N–H and O–H groups in total. The minimum Gasteiger partial charge on any atom is -0.288 e. The first-order chi connectivity index (χ1) is 8.13. The molecule has 2 aromatic rings. The molecule has 0 atom stereocenters. The molecular weight excluding hydrogens is 320 g/mol. The van der Waals surface area contributed by atoms with Gasteiger partial charge in [-0.1, -0.05) is 24.6 Å². The van der Waals surface area contributed by atoms with Crippen LogP contribution in [0.1, 0.15) is 27.0 Å². The number of rotatable bonds is 3. The van der Waals surface area contributed by atoms with Crippen molar-refractivity contribution in [2.75, 3.05) is 0 Å². The Morgan fingerprint density at radius 2 is 2.12 bits per heavy atom. The maximum absolute atomic E-state index is 12.3. The van der Waals surface area contributed by atoms with E-state index in [9.17, 15) is 4.79 Å². The van der Waals surface area contributed by atoms with Crippen molar-refractivity contribution in [3.05, 3.63) is 55.1 Å². The summed E-state index contributed by atoms with van der Waals surface area (Å²) in [6, 6.07) is 9.25. The molecule has 4 heteroatoms. The standard InChI is InChI=1S/C13H10BrClOS/c1-2-8-6-7-11(17-8)13(16)9-4-3-5-10(14)12(9)15/h3-7H,2H2,1H3. The second kappa shape index (κ2) is 5.34. The van der Waals surface area contributed by atoms with Crippen LogP contribution in [-0.2, 0) is 6.42 Å². The van der Waals surface area contributed by atoms with Gasteiger partial charge in [0.05, 0.1) is 9.90 Å². The lowest BCUT2D eigenvalue weighted by Gasteiger charge is -2.03. The molecule has 0 saturated heterocycles. The van der Waals surface area contributed by atoms with Gasteiger partial charge in [-0.2, -0.15) is 0 Å². The van der Waals surface area contributed by atoms with Crippen LogP contribution in [-0.4, -0.2) is 5.78 Å². The molecule has 2 rings (SSSR count). The molecule has 17 heavy (non-hydrogen) atoms. The number of hydrogen-bond donors (Lipinski definition) is 0. The van der Waals surface area contributed by atoms with Crippen molar-refractivity contribution in [1.82, 2.24) is 0 Å². The third kappa shape index (κ3) is 2.62. The Balaban J connectivity index is 2.40. The van der Waals surface area contributed by atoms with E-state index in [0.29, 0.717) is 10.6 Å². The van der Waals surface area contributed by atoms with Crippen molar-refractivity contribution in [3.8, 4) is 0 Å². The Morgan fingerprint density at radius 3 is 2.76 bits per heavy atom. The maximum Gasteiger partial charge on any atom is 0.204 e. The first kappa shape index (κ1) is 12.8. The molecule has 1 heterocycles. The lowest BCUT2D eigenvalue weighted by atomic mass is 10.1. The van der Waals surface area contributed by atoms with Gasteiger partial charge in [0.2, 0.25) is 5.78 Å². The Kier molecular flexibility index (Phi) is 4.02. The van der Waals surface area contributed by atoms with Crippen LogP contribution in [0, 0.1) is 0 Å². The smallest absolute Gasteiger partial charge is 0.204 e. The Morgan fingerprint density at radius 1 is 1.35 bits per heavy atom. The van der Waals surface area contributed by atoms with Gasteiger partial charge in [0, 0.05) is 14.9 Å². The fourth-order valence-electron chi connectivity index (χ4n) is 1.50. The highest BCUT2D eigenvalue weighted by molar-refractivity contribution is 9.10. The SMILES string of the molecule is CCc1ccc(C(=O)c2cccc(Br)c2Cl)s1. The van der Waals surface area contributed by atoms with Crippen molar-refractivity contribution in [2.24, 2.45) is 0 Å². The van der Waals surface area contributed by atoms with E-state index < -0.39 is 0 Å². The zero-order valence-corrected chi connectivity index (χ0v) is 12.3. The van der Waals surface area contributed by atoms with E-state index in [1.807, 2.05) is 24.3 Å². The summed E-state index contributed by atoms with van der Waals surface area (Å²) in [5.41, 5.74) is 0.547. The lowest BCUT2D eigenvalue weighted by Crippen LogP contribution is -1.99. The van der Waals surface area contributed by atoms with E-state index in [4.69, 9.17) is 11.6 Å². The van der Waals surface area contributed by atoms with Crippen LogP contribution in [0.2, 0.25) is 5.02 Å². The van der Waals surface area contributed by atoms with Crippen LogP contribution >= 0.6 is 38.9 Å². The molecule has 0 spiro atoms. The van der Waals surface area contributed by atoms with Crippen molar-refractivity contribution >= 4 is 44.7 Å². The van der Waals surface area contributed by atoms with Crippen molar-refractivity contribution < 1.29 is 4.79 Å². The molecule has 0 unspecified atom stereocenters. The first-order valence-electron chi connectivity index (χ1n) is 5.21. The van der Waals surface area contributed by atoms with Gasteiger partial charge in [0.25, 0.3) is 0 Å². The van der Waals surface area contributed by atoms with E-state index in [1.165, 1.54) is 16.2 Å². The molecule has 0 aliphatic carbocycles. The summed E-state index contributed by atoms with van der Waals surface area (Å²) >= 11 is 11.0. The second-order valence-corrected chi connectivity index (χ2v) is 5.95. The molecular formula is C13H10BrClOS. The molecule has 0 aliphatic heterocycles. The minimum absolute atomic E-state index is 0.0130. The third-order valence-electron chi connectivity index (χ3n) is 2.43. The molecule has 0 aliphatic rings. The number of thiophene rings is 1. The highest BCUT2D eigenvalue weighted by Crippen LogP contribution is 2.29. The molecule has 0 bridgehead atoms. The number of aryl methyl sites for hydroxylation is 1. The van der Waals surface area contributed by atoms with Crippen molar-refractivity contribution in [1.29, 1.82) is 0 Å². The molecule has 1 nitrogen and oxygen atoms in total. The van der Waals surface area contributed by atoms with E-state index >= 15 is 0 Å². The van der Waals surface area contributed by atoms with Crippen molar-refractivity contribution in [2.45, 2.75) is 13.3 Å². The topological polar surface area (TPSA) is 17.1 Å². The Bertz CT molecular complexity index is 562. The summed E-state index contributed by atoms with van der Waals surface area (Å²) in [4.78, 5) is 14.2. The summed E-state index contributed by atoms with van der Waals surface area (Å²) in [5, 5.41) is 0.476. The van der Waals surface area contributed by atoms with Crippen LogP contribution in [0.15, 0.2) is 34.8 Å². The number of ketones is 1. The lowest BCUT2D eigenvalue weighted by molar-refractivity contribution is 0.104. The third-order valence-corrected chi connectivity index (χ3v) is 4.95. The van der Waals surface area contributed by atoms with Crippen LogP contribution in [0.3, 0.4) is 0 Å². The van der Waals surface area contributed by atoms with Gasteiger partial charge in [-0.15, -0.1) is 11.3 Å². The van der Waals surface area contributed by atoms with Gasteiger partial charge in [-0.3, -0.25) is 4.79 Å². The Labute approximate surface area is 118 Å². The fraction of sp³-hybridized carbons (Fsp3) is 0.154. The van der Waals surface area contributed by atoms with Gasteiger partial charge in [-0.25, -0.2) is 0 Å². The largest absolute Gasteiger partial charge is 0.288 e. The van der Waals surface area contributed by atoms with Crippen LogP contribution in [0.5, 0.6) is 0 Å². The number of halogens is 2. The zero-order valence-electron chi connectivity index (χ0n) is 9.17. The molecule has 0 saturated carbocycles.